The molecule has 1 aliphatic rings. The van der Waals surface area contributed by atoms with Crippen LogP contribution in [0.25, 0.3) is 0 Å². The Bertz CT molecular complexity index is 408. The second-order valence-electron chi connectivity index (χ2n) is 6.23. The quantitative estimate of drug-likeness (QED) is 0.896. The van der Waals surface area contributed by atoms with E-state index in [2.05, 4.69) is 47.6 Å². The van der Waals surface area contributed by atoms with Crippen LogP contribution < -0.4 is 5.32 Å². The maximum absolute atomic E-state index is 4.45. The first-order valence-electron chi connectivity index (χ1n) is 8.05. The third kappa shape index (κ3) is 3.41. The average molecular weight is 278 g/mol. The minimum Gasteiger partial charge on any atom is -0.338 e. The van der Waals surface area contributed by atoms with Crippen molar-refractivity contribution in [1.29, 1.82) is 0 Å². The van der Waals surface area contributed by atoms with E-state index in [1.807, 2.05) is 12.4 Å². The third-order valence-electron chi connectivity index (χ3n) is 5.09. The molecule has 4 heteroatoms. The Morgan fingerprint density at radius 2 is 2.15 bits per heavy atom. The summed E-state index contributed by atoms with van der Waals surface area (Å²) in [5.74, 6) is 1.19. The van der Waals surface area contributed by atoms with Crippen molar-refractivity contribution in [3.63, 3.8) is 0 Å². The summed E-state index contributed by atoms with van der Waals surface area (Å²) in [4.78, 5) is 7.10. The Balaban J connectivity index is 2.01. The molecule has 1 N–H and O–H groups in total. The molecule has 2 heterocycles. The van der Waals surface area contributed by atoms with Crippen molar-refractivity contribution in [2.45, 2.75) is 58.0 Å². The highest BCUT2D eigenvalue weighted by Gasteiger charge is 2.32. The van der Waals surface area contributed by atoms with E-state index < -0.39 is 0 Å². The molecule has 0 aromatic carbocycles. The van der Waals surface area contributed by atoms with E-state index in [1.165, 1.54) is 25.1 Å². The lowest BCUT2D eigenvalue weighted by Gasteiger charge is -2.37. The van der Waals surface area contributed by atoms with Gasteiger partial charge in [-0.3, -0.25) is 4.90 Å². The number of rotatable bonds is 5. The number of aryl methyl sites for hydroxylation is 1. The molecule has 1 saturated heterocycles. The van der Waals surface area contributed by atoms with Gasteiger partial charge in [0.25, 0.3) is 0 Å². The second kappa shape index (κ2) is 6.72. The Labute approximate surface area is 123 Å². The van der Waals surface area contributed by atoms with E-state index in [0.717, 1.165) is 26.1 Å². The normalized spacial score (nSPS) is 23.7. The van der Waals surface area contributed by atoms with Gasteiger partial charge >= 0.3 is 0 Å². The van der Waals surface area contributed by atoms with Crippen LogP contribution in [0.4, 0.5) is 0 Å². The zero-order valence-electron chi connectivity index (χ0n) is 13.5. The lowest BCUT2D eigenvalue weighted by atomic mass is 9.92. The fourth-order valence-corrected chi connectivity index (χ4v) is 3.23. The average Bonchev–Trinajstić information content (AvgIpc) is 2.79. The van der Waals surface area contributed by atoms with Gasteiger partial charge < -0.3 is 9.88 Å². The SMILES string of the molecule is CCC1(CC)CN(CCc2nccn2C)C(C)CCN1. The van der Waals surface area contributed by atoms with Gasteiger partial charge in [0.15, 0.2) is 0 Å². The van der Waals surface area contributed by atoms with Crippen LogP contribution in [-0.4, -0.2) is 45.7 Å². The van der Waals surface area contributed by atoms with Gasteiger partial charge in [-0.2, -0.15) is 0 Å². The van der Waals surface area contributed by atoms with Crippen molar-refractivity contribution in [3.8, 4) is 0 Å². The molecule has 1 aliphatic heterocycles. The molecule has 1 aromatic rings. The largest absolute Gasteiger partial charge is 0.338 e. The van der Waals surface area contributed by atoms with E-state index in [0.29, 0.717) is 11.6 Å². The zero-order chi connectivity index (χ0) is 14.6. The first-order valence-corrected chi connectivity index (χ1v) is 8.05. The van der Waals surface area contributed by atoms with Gasteiger partial charge in [-0.25, -0.2) is 4.98 Å². The van der Waals surface area contributed by atoms with Crippen LogP contribution in [0.5, 0.6) is 0 Å². The number of aromatic nitrogens is 2. The monoisotopic (exact) mass is 278 g/mol. The molecule has 0 bridgehead atoms. The van der Waals surface area contributed by atoms with Crippen molar-refractivity contribution >= 4 is 0 Å². The van der Waals surface area contributed by atoms with Gasteiger partial charge in [-0.05, 0) is 32.7 Å². The van der Waals surface area contributed by atoms with Gasteiger partial charge in [0.2, 0.25) is 0 Å². The molecule has 2 rings (SSSR count). The molecule has 1 atom stereocenters. The van der Waals surface area contributed by atoms with Crippen molar-refractivity contribution in [1.82, 2.24) is 19.8 Å². The molecular weight excluding hydrogens is 248 g/mol. The Kier molecular flexibility index (Phi) is 5.22. The van der Waals surface area contributed by atoms with Gasteiger partial charge in [0.1, 0.15) is 5.82 Å². The summed E-state index contributed by atoms with van der Waals surface area (Å²) in [5.41, 5.74) is 0.298. The highest BCUT2D eigenvalue weighted by molar-refractivity contribution is 4.96. The number of imidazole rings is 1. The Morgan fingerprint density at radius 3 is 2.75 bits per heavy atom. The summed E-state index contributed by atoms with van der Waals surface area (Å²) in [6.07, 6.45) is 8.61. The molecule has 0 radical (unpaired) electrons. The first-order chi connectivity index (χ1) is 9.60. The molecular formula is C16H30N4. The fourth-order valence-electron chi connectivity index (χ4n) is 3.23. The van der Waals surface area contributed by atoms with Crippen LogP contribution in [0.3, 0.4) is 0 Å². The smallest absolute Gasteiger partial charge is 0.109 e. The fraction of sp³-hybridized carbons (Fsp3) is 0.812. The maximum Gasteiger partial charge on any atom is 0.109 e. The molecule has 1 unspecified atom stereocenters. The van der Waals surface area contributed by atoms with Crippen molar-refractivity contribution < 1.29 is 0 Å². The van der Waals surface area contributed by atoms with E-state index in [4.69, 9.17) is 0 Å². The molecule has 1 fully saturated rings. The first kappa shape index (κ1) is 15.5. The summed E-state index contributed by atoms with van der Waals surface area (Å²) in [5, 5.41) is 3.80. The topological polar surface area (TPSA) is 33.1 Å². The molecule has 20 heavy (non-hydrogen) atoms. The Hall–Kier alpha value is -0.870. The summed E-state index contributed by atoms with van der Waals surface area (Å²) < 4.78 is 2.13. The number of nitrogens with one attached hydrogen (secondary N) is 1. The minimum absolute atomic E-state index is 0.298. The van der Waals surface area contributed by atoms with Gasteiger partial charge in [-0.15, -0.1) is 0 Å². The molecule has 0 aliphatic carbocycles. The Morgan fingerprint density at radius 1 is 1.40 bits per heavy atom. The standard InChI is InChI=1S/C16H30N4/c1-5-16(6-2)13-20(14(3)7-9-18-16)11-8-15-17-10-12-19(15)4/h10,12,14,18H,5-9,11,13H2,1-4H3. The predicted octanol–water partition coefficient (Wildman–Crippen LogP) is 2.21. The molecule has 0 saturated carbocycles. The minimum atomic E-state index is 0.298. The summed E-state index contributed by atoms with van der Waals surface area (Å²) >= 11 is 0. The number of nitrogens with zero attached hydrogens (tertiary/aromatic N) is 3. The predicted molar refractivity (Wildman–Crippen MR) is 83.9 cm³/mol. The molecule has 0 spiro atoms. The molecule has 1 aromatic heterocycles. The van der Waals surface area contributed by atoms with Crippen LogP contribution in [-0.2, 0) is 13.5 Å². The van der Waals surface area contributed by atoms with Crippen LogP contribution in [0.15, 0.2) is 12.4 Å². The van der Waals surface area contributed by atoms with Crippen LogP contribution >= 0.6 is 0 Å². The highest BCUT2D eigenvalue weighted by atomic mass is 15.2. The lowest BCUT2D eigenvalue weighted by Crippen LogP contribution is -2.51. The molecule has 114 valence electrons. The maximum atomic E-state index is 4.45. The molecule has 4 nitrogen and oxygen atoms in total. The third-order valence-corrected chi connectivity index (χ3v) is 5.09. The van der Waals surface area contributed by atoms with Gasteiger partial charge in [-0.1, -0.05) is 13.8 Å². The van der Waals surface area contributed by atoms with E-state index in [9.17, 15) is 0 Å². The van der Waals surface area contributed by atoms with E-state index in [1.54, 1.807) is 0 Å². The van der Waals surface area contributed by atoms with E-state index in [-0.39, 0.29) is 0 Å². The second-order valence-corrected chi connectivity index (χ2v) is 6.23. The van der Waals surface area contributed by atoms with Crippen molar-refractivity contribution in [2.24, 2.45) is 7.05 Å². The summed E-state index contributed by atoms with van der Waals surface area (Å²) in [6.45, 7) is 10.4. The van der Waals surface area contributed by atoms with Crippen LogP contribution in [0, 0.1) is 0 Å². The van der Waals surface area contributed by atoms with Gasteiger partial charge in [0.05, 0.1) is 0 Å². The number of hydrogen-bond acceptors (Lipinski definition) is 3. The summed E-state index contributed by atoms with van der Waals surface area (Å²) in [6, 6.07) is 0.655. The number of hydrogen-bond donors (Lipinski definition) is 1. The lowest BCUT2D eigenvalue weighted by molar-refractivity contribution is 0.160. The van der Waals surface area contributed by atoms with Crippen molar-refractivity contribution in [2.75, 3.05) is 19.6 Å². The highest BCUT2D eigenvalue weighted by Crippen LogP contribution is 2.22. The van der Waals surface area contributed by atoms with Gasteiger partial charge in [0, 0.05) is 50.5 Å². The van der Waals surface area contributed by atoms with E-state index >= 15 is 0 Å². The summed E-state index contributed by atoms with van der Waals surface area (Å²) in [7, 11) is 2.08. The van der Waals surface area contributed by atoms with Crippen LogP contribution in [0.2, 0.25) is 0 Å². The molecule has 0 amide bonds. The zero-order valence-corrected chi connectivity index (χ0v) is 13.5. The van der Waals surface area contributed by atoms with Crippen LogP contribution in [0.1, 0.15) is 45.9 Å². The van der Waals surface area contributed by atoms with Crippen molar-refractivity contribution in [3.05, 3.63) is 18.2 Å².